The average Bonchev–Trinajstić information content (AvgIpc) is 3.58. The normalized spacial score (nSPS) is 13.5. The number of amides is 2. The molecular weight excluding hydrogens is 492 g/mol. The van der Waals surface area contributed by atoms with Crippen LogP contribution < -0.4 is 16.2 Å². The zero-order valence-corrected chi connectivity index (χ0v) is 21.2. The SMILES string of the molecule is CNC(=O)c1cc(C(=O)NC2CC2)cn(Cc2cccc3ccn(S(=O)(=O)c4ccc(C)cc4)c23)c1=O. The number of aryl methyl sites for hydroxylation is 1. The highest BCUT2D eigenvalue weighted by atomic mass is 32.2. The molecule has 9 nitrogen and oxygen atoms in total. The monoisotopic (exact) mass is 518 g/mol. The van der Waals surface area contributed by atoms with Crippen LogP contribution in [0, 0.1) is 6.92 Å². The highest BCUT2D eigenvalue weighted by molar-refractivity contribution is 7.90. The van der Waals surface area contributed by atoms with E-state index in [1.165, 1.54) is 34.0 Å². The molecule has 1 saturated carbocycles. The number of nitrogens with one attached hydrogen (secondary N) is 2. The standard InChI is InChI=1S/C27H26N4O5S/c1-17-6-10-22(11-7-17)37(35,36)31-13-12-18-4-3-5-19(24(18)31)15-30-16-20(25(32)29-21-8-9-21)14-23(27(30)34)26(33)28-2/h3-7,10-14,16,21H,8-9,15H2,1-2H3,(H,28,33)(H,29,32). The molecule has 2 N–H and O–H groups in total. The Bertz CT molecular complexity index is 1700. The van der Waals surface area contributed by atoms with E-state index < -0.39 is 21.5 Å². The van der Waals surface area contributed by atoms with E-state index in [-0.39, 0.29) is 34.5 Å². The summed E-state index contributed by atoms with van der Waals surface area (Å²) in [6, 6.07) is 15.0. The molecule has 0 aliphatic heterocycles. The Hall–Kier alpha value is -4.18. The van der Waals surface area contributed by atoms with Gasteiger partial charge in [-0.2, -0.15) is 0 Å². The lowest BCUT2D eigenvalue weighted by molar-refractivity contribution is 0.0950. The smallest absolute Gasteiger partial charge is 0.268 e. The fourth-order valence-electron chi connectivity index (χ4n) is 4.24. The minimum absolute atomic E-state index is 0.0435. The Morgan fingerprint density at radius 3 is 2.43 bits per heavy atom. The maximum atomic E-state index is 13.5. The molecule has 0 radical (unpaired) electrons. The third-order valence-corrected chi connectivity index (χ3v) is 8.10. The molecule has 1 aliphatic carbocycles. The highest BCUT2D eigenvalue weighted by Crippen LogP contribution is 2.26. The Morgan fingerprint density at radius 1 is 1.03 bits per heavy atom. The molecule has 0 unspecified atom stereocenters. The number of hydrogen-bond acceptors (Lipinski definition) is 5. The van der Waals surface area contributed by atoms with Crippen molar-refractivity contribution >= 4 is 32.7 Å². The van der Waals surface area contributed by atoms with Crippen molar-refractivity contribution in [3.8, 4) is 0 Å². The van der Waals surface area contributed by atoms with E-state index in [1.54, 1.807) is 48.5 Å². The summed E-state index contributed by atoms with van der Waals surface area (Å²) in [5, 5.41) is 5.99. The van der Waals surface area contributed by atoms with Crippen LogP contribution in [0.5, 0.6) is 0 Å². The third kappa shape index (κ3) is 4.67. The Balaban J connectivity index is 1.62. The number of rotatable bonds is 7. The van der Waals surface area contributed by atoms with Gasteiger partial charge in [0.25, 0.3) is 27.4 Å². The van der Waals surface area contributed by atoms with Gasteiger partial charge in [-0.1, -0.05) is 35.9 Å². The lowest BCUT2D eigenvalue weighted by Crippen LogP contribution is -2.34. The average molecular weight is 519 g/mol. The molecule has 2 aromatic carbocycles. The second kappa shape index (κ2) is 9.36. The summed E-state index contributed by atoms with van der Waals surface area (Å²) in [4.78, 5) is 38.6. The fraction of sp³-hybridized carbons (Fsp3) is 0.222. The van der Waals surface area contributed by atoms with Gasteiger partial charge in [0.1, 0.15) is 5.56 Å². The van der Waals surface area contributed by atoms with Crippen LogP contribution in [0.3, 0.4) is 0 Å². The second-order valence-electron chi connectivity index (χ2n) is 9.19. The van der Waals surface area contributed by atoms with Crippen LogP contribution in [0.1, 0.15) is 44.7 Å². The molecule has 2 aromatic heterocycles. The van der Waals surface area contributed by atoms with Crippen molar-refractivity contribution in [2.45, 2.75) is 37.2 Å². The number of fused-ring (bicyclic) bond motifs is 1. The molecule has 2 heterocycles. The largest absolute Gasteiger partial charge is 0.355 e. The van der Waals surface area contributed by atoms with Crippen LogP contribution in [0.4, 0.5) is 0 Å². The molecule has 0 bridgehead atoms. The topological polar surface area (TPSA) is 119 Å². The first-order valence-corrected chi connectivity index (χ1v) is 13.3. The summed E-state index contributed by atoms with van der Waals surface area (Å²) < 4.78 is 29.5. The molecule has 2 amide bonds. The number of pyridine rings is 1. The van der Waals surface area contributed by atoms with E-state index in [0.29, 0.717) is 16.5 Å². The molecule has 1 aliphatic rings. The van der Waals surface area contributed by atoms with Gasteiger partial charge >= 0.3 is 0 Å². The lowest BCUT2D eigenvalue weighted by atomic mass is 10.1. The third-order valence-electron chi connectivity index (χ3n) is 6.41. The molecule has 1 fully saturated rings. The maximum Gasteiger partial charge on any atom is 0.268 e. The van der Waals surface area contributed by atoms with Crippen molar-refractivity contribution in [3.05, 3.63) is 99.6 Å². The van der Waals surface area contributed by atoms with Gasteiger partial charge in [0.2, 0.25) is 0 Å². The minimum atomic E-state index is -3.92. The first-order chi connectivity index (χ1) is 17.7. The molecule has 4 aromatic rings. The zero-order chi connectivity index (χ0) is 26.3. The predicted molar refractivity (Wildman–Crippen MR) is 139 cm³/mol. The van der Waals surface area contributed by atoms with Crippen LogP contribution in [-0.4, -0.2) is 41.9 Å². The quantitative estimate of drug-likeness (QED) is 0.390. The van der Waals surface area contributed by atoms with E-state index >= 15 is 0 Å². The van der Waals surface area contributed by atoms with Crippen molar-refractivity contribution in [2.24, 2.45) is 0 Å². The number of carbonyl (C=O) groups is 2. The summed E-state index contributed by atoms with van der Waals surface area (Å²) in [5.74, 6) is -0.978. The first kappa shape index (κ1) is 24.5. The number of aromatic nitrogens is 2. The van der Waals surface area contributed by atoms with Gasteiger partial charge in [-0.15, -0.1) is 0 Å². The van der Waals surface area contributed by atoms with Crippen LogP contribution in [-0.2, 0) is 16.6 Å². The van der Waals surface area contributed by atoms with Crippen LogP contribution in [0.25, 0.3) is 10.9 Å². The van der Waals surface area contributed by atoms with E-state index in [1.807, 2.05) is 6.92 Å². The molecule has 10 heteroatoms. The molecule has 0 atom stereocenters. The first-order valence-electron chi connectivity index (χ1n) is 11.9. The van der Waals surface area contributed by atoms with E-state index in [0.717, 1.165) is 18.4 Å². The van der Waals surface area contributed by atoms with E-state index in [2.05, 4.69) is 10.6 Å². The maximum absolute atomic E-state index is 13.5. The van der Waals surface area contributed by atoms with E-state index in [9.17, 15) is 22.8 Å². The van der Waals surface area contributed by atoms with Crippen LogP contribution >= 0.6 is 0 Å². The van der Waals surface area contributed by atoms with Gasteiger partial charge in [-0.05, 0) is 49.6 Å². The van der Waals surface area contributed by atoms with Crippen molar-refractivity contribution in [1.29, 1.82) is 0 Å². The van der Waals surface area contributed by atoms with Gasteiger partial charge in [-0.25, -0.2) is 12.4 Å². The fourth-order valence-corrected chi connectivity index (χ4v) is 5.63. The zero-order valence-electron chi connectivity index (χ0n) is 20.4. The molecular formula is C27H26N4O5S. The summed E-state index contributed by atoms with van der Waals surface area (Å²) in [6.07, 6.45) is 4.68. The summed E-state index contributed by atoms with van der Waals surface area (Å²) in [5.41, 5.74) is 1.33. The van der Waals surface area contributed by atoms with Gasteiger partial charge in [0.05, 0.1) is 22.5 Å². The van der Waals surface area contributed by atoms with Gasteiger partial charge in [0, 0.05) is 30.9 Å². The number of nitrogens with zero attached hydrogens (tertiary/aromatic N) is 2. The molecule has 37 heavy (non-hydrogen) atoms. The second-order valence-corrected chi connectivity index (χ2v) is 11.0. The van der Waals surface area contributed by atoms with Gasteiger partial charge < -0.3 is 15.2 Å². The van der Waals surface area contributed by atoms with Gasteiger partial charge in [-0.3, -0.25) is 14.4 Å². The number of benzene rings is 2. The summed E-state index contributed by atoms with van der Waals surface area (Å²) >= 11 is 0. The molecule has 190 valence electrons. The van der Waals surface area contributed by atoms with Gasteiger partial charge in [0.15, 0.2) is 0 Å². The summed E-state index contributed by atoms with van der Waals surface area (Å²) in [6.45, 7) is 1.83. The lowest BCUT2D eigenvalue weighted by Gasteiger charge is -2.14. The van der Waals surface area contributed by atoms with Crippen molar-refractivity contribution in [2.75, 3.05) is 7.05 Å². The molecule has 0 spiro atoms. The highest BCUT2D eigenvalue weighted by Gasteiger charge is 2.26. The minimum Gasteiger partial charge on any atom is -0.355 e. The van der Waals surface area contributed by atoms with Crippen LogP contribution in [0.2, 0.25) is 0 Å². The molecule has 0 saturated heterocycles. The van der Waals surface area contributed by atoms with E-state index in [4.69, 9.17) is 0 Å². The van der Waals surface area contributed by atoms with Crippen molar-refractivity contribution in [1.82, 2.24) is 19.2 Å². The number of hydrogen-bond donors (Lipinski definition) is 2. The Morgan fingerprint density at radius 2 is 1.76 bits per heavy atom. The number of para-hydroxylation sites is 1. The Kier molecular flexibility index (Phi) is 6.20. The summed E-state index contributed by atoms with van der Waals surface area (Å²) in [7, 11) is -2.51. The predicted octanol–water partition coefficient (Wildman–Crippen LogP) is 2.65. The Labute approximate surface area is 213 Å². The van der Waals surface area contributed by atoms with Crippen LogP contribution in [0.15, 0.2) is 76.7 Å². The molecule has 5 rings (SSSR count). The van der Waals surface area contributed by atoms with Crippen molar-refractivity contribution < 1.29 is 18.0 Å². The number of carbonyl (C=O) groups excluding carboxylic acids is 2. The van der Waals surface area contributed by atoms with Crippen molar-refractivity contribution in [3.63, 3.8) is 0 Å².